The van der Waals surface area contributed by atoms with Crippen LogP contribution in [0.1, 0.15) is 33.1 Å². The van der Waals surface area contributed by atoms with E-state index < -0.39 is 11.7 Å². The van der Waals surface area contributed by atoms with Crippen molar-refractivity contribution in [3.8, 4) is 0 Å². The van der Waals surface area contributed by atoms with Crippen molar-refractivity contribution in [1.29, 1.82) is 0 Å². The minimum Gasteiger partial charge on any atom is -0.444 e. The molecule has 1 rings (SSSR count). The number of aliphatic hydroxyl groups excluding tert-OH is 1. The SMILES string of the molecule is CC(C)(CC1CCNCC1)OC(N)=O.CO. The van der Waals surface area contributed by atoms with Crippen LogP contribution < -0.4 is 11.1 Å². The van der Waals surface area contributed by atoms with Gasteiger partial charge in [-0.05, 0) is 52.1 Å². The number of carbonyl (C=O) groups is 1. The van der Waals surface area contributed by atoms with Gasteiger partial charge in [-0.3, -0.25) is 0 Å². The van der Waals surface area contributed by atoms with Gasteiger partial charge in [0.1, 0.15) is 5.60 Å². The molecule has 0 bridgehead atoms. The second kappa shape index (κ2) is 7.46. The number of piperidine rings is 1. The summed E-state index contributed by atoms with van der Waals surface area (Å²) in [6.07, 6.45) is 2.54. The van der Waals surface area contributed by atoms with Crippen molar-refractivity contribution < 1.29 is 14.6 Å². The molecule has 0 aromatic carbocycles. The molecule has 16 heavy (non-hydrogen) atoms. The Kier molecular flexibility index (Phi) is 7.08. The van der Waals surface area contributed by atoms with Gasteiger partial charge in [0.15, 0.2) is 0 Å². The number of hydrogen-bond donors (Lipinski definition) is 3. The highest BCUT2D eigenvalue weighted by Gasteiger charge is 2.27. The molecule has 0 spiro atoms. The summed E-state index contributed by atoms with van der Waals surface area (Å²) in [7, 11) is 1.00. The van der Waals surface area contributed by atoms with Crippen LogP contribution in [0.5, 0.6) is 0 Å². The van der Waals surface area contributed by atoms with Gasteiger partial charge < -0.3 is 20.9 Å². The molecule has 0 aromatic heterocycles. The molecule has 0 unspecified atom stereocenters. The van der Waals surface area contributed by atoms with Gasteiger partial charge in [0.05, 0.1) is 0 Å². The summed E-state index contributed by atoms with van der Waals surface area (Å²) in [5.41, 5.74) is 4.59. The highest BCUT2D eigenvalue weighted by molar-refractivity contribution is 5.65. The second-order valence-electron chi connectivity index (χ2n) is 4.58. The normalized spacial score (nSPS) is 17.2. The van der Waals surface area contributed by atoms with Crippen LogP contribution in [0.25, 0.3) is 0 Å². The molecule has 1 amide bonds. The molecule has 5 nitrogen and oxygen atoms in total. The van der Waals surface area contributed by atoms with E-state index in [9.17, 15) is 4.79 Å². The van der Waals surface area contributed by atoms with E-state index >= 15 is 0 Å². The number of carbonyl (C=O) groups excluding carboxylic acids is 1. The van der Waals surface area contributed by atoms with Crippen molar-refractivity contribution in [2.24, 2.45) is 11.7 Å². The standard InChI is InChI=1S/C10H20N2O2.CH4O/c1-10(2,14-9(11)13)7-8-3-5-12-6-4-8;1-2/h8,12H,3-7H2,1-2H3,(H2,11,13);2H,1H3. The van der Waals surface area contributed by atoms with Crippen LogP contribution in [0.2, 0.25) is 0 Å². The Morgan fingerprint density at radius 2 is 1.94 bits per heavy atom. The number of hydrogen-bond acceptors (Lipinski definition) is 4. The van der Waals surface area contributed by atoms with Gasteiger partial charge in [0.25, 0.3) is 0 Å². The molecule has 5 heteroatoms. The number of nitrogens with one attached hydrogen (secondary N) is 1. The third-order valence-electron chi connectivity index (χ3n) is 2.62. The summed E-state index contributed by atoms with van der Waals surface area (Å²) in [6, 6.07) is 0. The number of ether oxygens (including phenoxy) is 1. The first-order valence-corrected chi connectivity index (χ1v) is 5.63. The van der Waals surface area contributed by atoms with Crippen LogP contribution in [0, 0.1) is 5.92 Å². The zero-order chi connectivity index (χ0) is 12.6. The summed E-state index contributed by atoms with van der Waals surface area (Å²) in [4.78, 5) is 10.6. The van der Waals surface area contributed by atoms with Gasteiger partial charge >= 0.3 is 6.09 Å². The van der Waals surface area contributed by atoms with Gasteiger partial charge in [-0.25, -0.2) is 4.79 Å². The Labute approximate surface area is 97.3 Å². The largest absolute Gasteiger partial charge is 0.444 e. The zero-order valence-corrected chi connectivity index (χ0v) is 10.5. The number of nitrogens with two attached hydrogens (primary N) is 1. The number of primary amides is 1. The molecule has 0 atom stereocenters. The number of amides is 1. The Morgan fingerprint density at radius 3 is 2.38 bits per heavy atom. The summed E-state index contributed by atoms with van der Waals surface area (Å²) in [5, 5.41) is 10.3. The molecule has 0 radical (unpaired) electrons. The first kappa shape index (κ1) is 15.2. The number of rotatable bonds is 3. The lowest BCUT2D eigenvalue weighted by atomic mass is 9.87. The predicted molar refractivity (Wildman–Crippen MR) is 63.1 cm³/mol. The fourth-order valence-corrected chi connectivity index (χ4v) is 2.10. The maximum Gasteiger partial charge on any atom is 0.405 e. The van der Waals surface area contributed by atoms with Crippen LogP contribution in [0.3, 0.4) is 0 Å². The third kappa shape index (κ3) is 6.63. The van der Waals surface area contributed by atoms with E-state index in [2.05, 4.69) is 5.32 Å². The second-order valence-corrected chi connectivity index (χ2v) is 4.58. The van der Waals surface area contributed by atoms with Gasteiger partial charge in [-0.2, -0.15) is 0 Å². The minimum atomic E-state index is -0.677. The zero-order valence-electron chi connectivity index (χ0n) is 10.5. The van der Waals surface area contributed by atoms with Gasteiger partial charge in [-0.15, -0.1) is 0 Å². The molecule has 1 aliphatic rings. The van der Waals surface area contributed by atoms with E-state index in [1.807, 2.05) is 13.8 Å². The van der Waals surface area contributed by atoms with Gasteiger partial charge in [-0.1, -0.05) is 0 Å². The number of aliphatic hydroxyl groups is 1. The van der Waals surface area contributed by atoms with Crippen LogP contribution in [0.4, 0.5) is 4.79 Å². The van der Waals surface area contributed by atoms with Gasteiger partial charge in [0.2, 0.25) is 0 Å². The average Bonchev–Trinajstić information content (AvgIpc) is 2.19. The summed E-state index contributed by atoms with van der Waals surface area (Å²) < 4.78 is 5.06. The third-order valence-corrected chi connectivity index (χ3v) is 2.62. The molecule has 4 N–H and O–H groups in total. The van der Waals surface area contributed by atoms with Crippen molar-refractivity contribution >= 4 is 6.09 Å². The quantitative estimate of drug-likeness (QED) is 0.673. The first-order chi connectivity index (χ1) is 7.49. The lowest BCUT2D eigenvalue weighted by molar-refractivity contribution is 0.0229. The van der Waals surface area contributed by atoms with E-state index in [4.69, 9.17) is 15.6 Å². The molecule has 0 aromatic rings. The lowest BCUT2D eigenvalue weighted by Gasteiger charge is -2.31. The Balaban J connectivity index is 0.00000106. The van der Waals surface area contributed by atoms with Crippen molar-refractivity contribution in [3.05, 3.63) is 0 Å². The van der Waals surface area contributed by atoms with Gasteiger partial charge in [0, 0.05) is 7.11 Å². The summed E-state index contributed by atoms with van der Waals surface area (Å²) in [5.74, 6) is 0.644. The van der Waals surface area contributed by atoms with E-state index in [1.54, 1.807) is 0 Å². The smallest absolute Gasteiger partial charge is 0.405 e. The monoisotopic (exact) mass is 232 g/mol. The van der Waals surface area contributed by atoms with Crippen molar-refractivity contribution in [1.82, 2.24) is 5.32 Å². The van der Waals surface area contributed by atoms with Crippen LogP contribution in [0.15, 0.2) is 0 Å². The maximum absolute atomic E-state index is 10.6. The summed E-state index contributed by atoms with van der Waals surface area (Å²) in [6.45, 7) is 5.97. The van der Waals surface area contributed by atoms with Crippen LogP contribution >= 0.6 is 0 Å². The molecule has 96 valence electrons. The molecule has 1 fully saturated rings. The van der Waals surface area contributed by atoms with Crippen molar-refractivity contribution in [2.75, 3.05) is 20.2 Å². The lowest BCUT2D eigenvalue weighted by Crippen LogP contribution is -2.36. The van der Waals surface area contributed by atoms with E-state index in [-0.39, 0.29) is 0 Å². The highest BCUT2D eigenvalue weighted by atomic mass is 16.6. The summed E-state index contributed by atoms with van der Waals surface area (Å²) >= 11 is 0. The molecule has 1 heterocycles. The minimum absolute atomic E-state index is 0.423. The van der Waals surface area contributed by atoms with Crippen molar-refractivity contribution in [2.45, 2.75) is 38.7 Å². The maximum atomic E-state index is 10.6. The molecule has 0 aliphatic carbocycles. The van der Waals surface area contributed by atoms with Crippen molar-refractivity contribution in [3.63, 3.8) is 0 Å². The predicted octanol–water partition coefficient (Wildman–Crippen LogP) is 0.859. The molecular formula is C11H24N2O3. The van der Waals surface area contributed by atoms with E-state index in [1.165, 1.54) is 0 Å². The Hall–Kier alpha value is -0.810. The highest BCUT2D eigenvalue weighted by Crippen LogP contribution is 2.26. The Morgan fingerprint density at radius 1 is 1.44 bits per heavy atom. The Bertz CT molecular complexity index is 201. The molecule has 1 aliphatic heterocycles. The van der Waals surface area contributed by atoms with Crippen LogP contribution in [-0.4, -0.2) is 37.0 Å². The average molecular weight is 232 g/mol. The van der Waals surface area contributed by atoms with E-state index in [0.717, 1.165) is 39.5 Å². The topological polar surface area (TPSA) is 84.6 Å². The fourth-order valence-electron chi connectivity index (χ4n) is 2.10. The molecule has 1 saturated heterocycles. The van der Waals surface area contributed by atoms with Crippen LogP contribution in [-0.2, 0) is 4.74 Å². The van der Waals surface area contributed by atoms with E-state index in [0.29, 0.717) is 5.92 Å². The first-order valence-electron chi connectivity index (χ1n) is 5.63. The molecule has 0 saturated carbocycles. The fraction of sp³-hybridized carbons (Fsp3) is 0.909. The molecular weight excluding hydrogens is 208 g/mol.